The molecule has 0 bridgehead atoms. The van der Waals surface area contributed by atoms with Crippen molar-refractivity contribution in [3.8, 4) is 0 Å². The van der Waals surface area contributed by atoms with Crippen LogP contribution in [0.3, 0.4) is 0 Å². The molecule has 0 spiro atoms. The summed E-state index contributed by atoms with van der Waals surface area (Å²) < 4.78 is 10.6. The van der Waals surface area contributed by atoms with Gasteiger partial charge in [0.2, 0.25) is 12.3 Å². The van der Waals surface area contributed by atoms with Crippen molar-refractivity contribution >= 4 is 35.3 Å². The highest BCUT2D eigenvalue weighted by Crippen LogP contribution is 2.32. The van der Waals surface area contributed by atoms with Gasteiger partial charge >= 0.3 is 17.9 Å². The smallest absolute Gasteiger partial charge is 0.407 e. The normalized spacial score (nSPS) is 20.8. The Labute approximate surface area is 189 Å². The molecule has 0 unspecified atom stereocenters. The Bertz CT molecular complexity index is 944. The summed E-state index contributed by atoms with van der Waals surface area (Å²) in [4.78, 5) is 41.1. The number of nitrogens with zero attached hydrogens (tertiary/aromatic N) is 3. The minimum Gasteiger partial charge on any atom is -0.444 e. The maximum atomic E-state index is 12.5. The number of aromatic nitrogens is 3. The zero-order valence-corrected chi connectivity index (χ0v) is 18.7. The summed E-state index contributed by atoms with van der Waals surface area (Å²) in [7, 11) is 0. The fourth-order valence-electron chi connectivity index (χ4n) is 3.40. The number of rotatable bonds is 4. The lowest BCUT2D eigenvalue weighted by Gasteiger charge is -2.36. The third-order valence-electron chi connectivity index (χ3n) is 4.77. The Morgan fingerprint density at radius 3 is 2.53 bits per heavy atom. The molecule has 0 aliphatic heterocycles. The SMILES string of the molecule is CC(C)(C)OC(=O)N[C@@H]1C[C@@H](c2nnco2)CC[C@@H]1NC(=O)C(=O)Nc1ccc(Cl)cn1. The molecule has 2 aromatic rings. The number of pyridine rings is 1. The van der Waals surface area contributed by atoms with Gasteiger partial charge in [-0.3, -0.25) is 9.59 Å². The van der Waals surface area contributed by atoms with Crippen molar-refractivity contribution < 1.29 is 23.5 Å². The number of amides is 3. The molecule has 1 fully saturated rings. The van der Waals surface area contributed by atoms with Crippen LogP contribution in [-0.4, -0.2) is 50.8 Å². The maximum absolute atomic E-state index is 12.5. The Kier molecular flexibility index (Phi) is 7.29. The van der Waals surface area contributed by atoms with Crippen molar-refractivity contribution in [1.29, 1.82) is 0 Å². The van der Waals surface area contributed by atoms with Crippen LogP contribution in [0.5, 0.6) is 0 Å². The number of nitrogens with one attached hydrogen (secondary N) is 3. The number of hydrogen-bond donors (Lipinski definition) is 3. The fourth-order valence-corrected chi connectivity index (χ4v) is 3.51. The number of ether oxygens (including phenoxy) is 1. The Morgan fingerprint density at radius 1 is 1.12 bits per heavy atom. The van der Waals surface area contributed by atoms with Crippen LogP contribution in [0.2, 0.25) is 5.02 Å². The molecule has 172 valence electrons. The van der Waals surface area contributed by atoms with Crippen molar-refractivity contribution in [1.82, 2.24) is 25.8 Å². The zero-order chi connectivity index (χ0) is 23.3. The first-order valence-corrected chi connectivity index (χ1v) is 10.5. The van der Waals surface area contributed by atoms with Crippen LogP contribution in [-0.2, 0) is 14.3 Å². The van der Waals surface area contributed by atoms with E-state index in [1.165, 1.54) is 18.7 Å². The van der Waals surface area contributed by atoms with E-state index in [1.807, 2.05) is 0 Å². The van der Waals surface area contributed by atoms with E-state index in [2.05, 4.69) is 31.1 Å². The molecule has 12 heteroatoms. The van der Waals surface area contributed by atoms with Gasteiger partial charge in [-0.1, -0.05) is 11.6 Å². The van der Waals surface area contributed by atoms with Gasteiger partial charge in [-0.15, -0.1) is 10.2 Å². The quantitative estimate of drug-likeness (QED) is 0.584. The van der Waals surface area contributed by atoms with Crippen LogP contribution in [0.15, 0.2) is 29.1 Å². The molecule has 3 amide bonds. The largest absolute Gasteiger partial charge is 0.444 e. The first-order valence-electron chi connectivity index (χ1n) is 10.1. The average Bonchev–Trinajstić information content (AvgIpc) is 3.24. The lowest BCUT2D eigenvalue weighted by Crippen LogP contribution is -2.56. The van der Waals surface area contributed by atoms with Gasteiger partial charge in [0.25, 0.3) is 0 Å². The molecule has 32 heavy (non-hydrogen) atoms. The molecule has 11 nitrogen and oxygen atoms in total. The van der Waals surface area contributed by atoms with E-state index < -0.39 is 35.6 Å². The van der Waals surface area contributed by atoms with Crippen LogP contribution < -0.4 is 16.0 Å². The summed E-state index contributed by atoms with van der Waals surface area (Å²) in [6.07, 6.45) is 3.50. The Hall–Kier alpha value is -3.21. The molecule has 2 aromatic heterocycles. The summed E-state index contributed by atoms with van der Waals surface area (Å²) in [5.41, 5.74) is -0.686. The lowest BCUT2D eigenvalue weighted by molar-refractivity contribution is -0.136. The van der Waals surface area contributed by atoms with Gasteiger partial charge in [0.1, 0.15) is 11.4 Å². The summed E-state index contributed by atoms with van der Waals surface area (Å²) in [6.45, 7) is 5.26. The third kappa shape index (κ3) is 6.64. The highest BCUT2D eigenvalue weighted by atomic mass is 35.5. The van der Waals surface area contributed by atoms with Crippen molar-refractivity contribution in [2.75, 3.05) is 5.32 Å². The standard InChI is InChI=1S/C20H25ClN6O5/c1-20(2,3)32-19(30)25-14-8-11(18-27-23-10-31-18)4-6-13(14)24-16(28)17(29)26-15-7-5-12(21)9-22-15/h5,7,9-11,13-14H,4,6,8H2,1-3H3,(H,24,28)(H,25,30)(H,22,26,29)/t11-,13-,14+/m0/s1. The zero-order valence-electron chi connectivity index (χ0n) is 17.9. The second-order valence-electron chi connectivity index (χ2n) is 8.44. The molecule has 0 radical (unpaired) electrons. The summed E-state index contributed by atoms with van der Waals surface area (Å²) in [6, 6.07) is 2.01. The monoisotopic (exact) mass is 464 g/mol. The van der Waals surface area contributed by atoms with E-state index in [0.717, 1.165) is 0 Å². The molecule has 3 rings (SSSR count). The minimum absolute atomic E-state index is 0.0994. The van der Waals surface area contributed by atoms with Gasteiger partial charge in [-0.05, 0) is 52.2 Å². The summed E-state index contributed by atoms with van der Waals surface area (Å²) in [5, 5.41) is 16.0. The van der Waals surface area contributed by atoms with Gasteiger partial charge in [0.05, 0.1) is 11.1 Å². The number of carbonyl (C=O) groups excluding carboxylic acids is 3. The van der Waals surface area contributed by atoms with Gasteiger partial charge < -0.3 is 25.1 Å². The molecule has 0 saturated heterocycles. The van der Waals surface area contributed by atoms with Crippen LogP contribution in [0.1, 0.15) is 51.8 Å². The molecule has 3 atom stereocenters. The van der Waals surface area contributed by atoms with E-state index in [9.17, 15) is 14.4 Å². The highest BCUT2D eigenvalue weighted by Gasteiger charge is 2.37. The van der Waals surface area contributed by atoms with E-state index >= 15 is 0 Å². The third-order valence-corrected chi connectivity index (χ3v) is 4.99. The molecule has 0 aromatic carbocycles. The Morgan fingerprint density at radius 2 is 1.91 bits per heavy atom. The molecule has 1 saturated carbocycles. The van der Waals surface area contributed by atoms with Crippen molar-refractivity contribution in [3.05, 3.63) is 35.6 Å². The highest BCUT2D eigenvalue weighted by molar-refractivity contribution is 6.39. The fraction of sp³-hybridized carbons (Fsp3) is 0.500. The number of anilines is 1. The molecule has 2 heterocycles. The summed E-state index contributed by atoms with van der Waals surface area (Å²) in [5.74, 6) is -1.18. The van der Waals surface area contributed by atoms with E-state index in [1.54, 1.807) is 26.8 Å². The first-order chi connectivity index (χ1) is 15.1. The molecule has 1 aliphatic carbocycles. The van der Waals surface area contributed by atoms with Crippen molar-refractivity contribution in [3.63, 3.8) is 0 Å². The van der Waals surface area contributed by atoms with Crippen molar-refractivity contribution in [2.45, 2.75) is 63.6 Å². The second kappa shape index (κ2) is 9.94. The number of alkyl carbamates (subject to hydrolysis) is 1. The van der Waals surface area contributed by atoms with Crippen LogP contribution in [0, 0.1) is 0 Å². The molecule has 1 aliphatic rings. The summed E-state index contributed by atoms with van der Waals surface area (Å²) >= 11 is 5.77. The lowest BCUT2D eigenvalue weighted by atomic mass is 9.82. The van der Waals surface area contributed by atoms with Crippen LogP contribution in [0.4, 0.5) is 10.6 Å². The van der Waals surface area contributed by atoms with E-state index in [-0.39, 0.29) is 11.7 Å². The number of halogens is 1. The minimum atomic E-state index is -0.880. The van der Waals surface area contributed by atoms with Gasteiger partial charge in [-0.2, -0.15) is 0 Å². The van der Waals surface area contributed by atoms with E-state index in [0.29, 0.717) is 30.2 Å². The predicted molar refractivity (Wildman–Crippen MR) is 114 cm³/mol. The number of carbonyl (C=O) groups is 3. The van der Waals surface area contributed by atoms with Crippen LogP contribution in [0.25, 0.3) is 0 Å². The topological polar surface area (TPSA) is 148 Å². The molecule has 3 N–H and O–H groups in total. The average molecular weight is 465 g/mol. The Balaban J connectivity index is 1.66. The van der Waals surface area contributed by atoms with Crippen LogP contribution >= 0.6 is 11.6 Å². The van der Waals surface area contributed by atoms with Gasteiger partial charge in [-0.25, -0.2) is 9.78 Å². The molecular weight excluding hydrogens is 440 g/mol. The maximum Gasteiger partial charge on any atom is 0.407 e. The number of hydrogen-bond acceptors (Lipinski definition) is 8. The van der Waals surface area contributed by atoms with Gasteiger partial charge in [0.15, 0.2) is 0 Å². The van der Waals surface area contributed by atoms with Crippen molar-refractivity contribution in [2.24, 2.45) is 0 Å². The van der Waals surface area contributed by atoms with E-state index in [4.69, 9.17) is 20.8 Å². The van der Waals surface area contributed by atoms with Gasteiger partial charge in [0, 0.05) is 18.2 Å². The first kappa shape index (κ1) is 23.5. The molecular formula is C20H25ClN6O5. The predicted octanol–water partition coefficient (Wildman–Crippen LogP) is 2.40. The second-order valence-corrected chi connectivity index (χ2v) is 8.87.